The molecule has 0 unspecified atom stereocenters. The second-order valence-corrected chi connectivity index (χ2v) is 4.96. The van der Waals surface area contributed by atoms with Gasteiger partial charge < -0.3 is 20.5 Å². The van der Waals surface area contributed by atoms with Crippen LogP contribution >= 0.6 is 0 Å². The number of benzene rings is 1. The number of rotatable bonds is 4. The number of nitrogen functional groups attached to an aromatic ring is 1. The zero-order valence-corrected chi connectivity index (χ0v) is 11.1. The molecule has 104 valence electrons. The molecular weight excluding hydrogens is 244 g/mol. The van der Waals surface area contributed by atoms with E-state index in [1.807, 2.05) is 6.07 Å². The average molecular weight is 264 g/mol. The molecule has 1 aromatic rings. The summed E-state index contributed by atoms with van der Waals surface area (Å²) in [5, 5.41) is 9.09. The molecule has 2 rings (SSSR count). The van der Waals surface area contributed by atoms with E-state index in [2.05, 4.69) is 4.90 Å². The van der Waals surface area contributed by atoms with E-state index in [9.17, 15) is 4.79 Å². The van der Waals surface area contributed by atoms with Crippen molar-refractivity contribution < 1.29 is 14.6 Å². The SMILES string of the molecule is COCC1CCN(c2ccc(N)c(C(=O)O)c2)CC1. The topological polar surface area (TPSA) is 75.8 Å². The Labute approximate surface area is 113 Å². The van der Waals surface area contributed by atoms with Crippen molar-refractivity contribution in [3.05, 3.63) is 23.8 Å². The van der Waals surface area contributed by atoms with Gasteiger partial charge in [0.15, 0.2) is 0 Å². The van der Waals surface area contributed by atoms with Crippen LogP contribution in [0, 0.1) is 5.92 Å². The van der Waals surface area contributed by atoms with E-state index in [1.165, 1.54) is 0 Å². The number of carboxylic acids is 1. The van der Waals surface area contributed by atoms with E-state index in [0.717, 1.165) is 38.2 Å². The minimum absolute atomic E-state index is 0.177. The van der Waals surface area contributed by atoms with Gasteiger partial charge in [0.2, 0.25) is 0 Å². The van der Waals surface area contributed by atoms with E-state index in [-0.39, 0.29) is 5.56 Å². The second-order valence-electron chi connectivity index (χ2n) is 4.96. The first-order chi connectivity index (χ1) is 9.11. The van der Waals surface area contributed by atoms with E-state index < -0.39 is 5.97 Å². The summed E-state index contributed by atoms with van der Waals surface area (Å²) in [6.45, 7) is 2.66. The summed E-state index contributed by atoms with van der Waals surface area (Å²) in [7, 11) is 1.73. The molecule has 5 nitrogen and oxygen atoms in total. The molecule has 19 heavy (non-hydrogen) atoms. The molecule has 1 aromatic carbocycles. The molecule has 1 aliphatic rings. The number of nitrogens with two attached hydrogens (primary N) is 1. The second kappa shape index (κ2) is 5.93. The average Bonchev–Trinajstić information content (AvgIpc) is 2.40. The van der Waals surface area contributed by atoms with Gasteiger partial charge in [0, 0.05) is 38.2 Å². The maximum absolute atomic E-state index is 11.1. The summed E-state index contributed by atoms with van der Waals surface area (Å²) in [5.41, 5.74) is 7.09. The lowest BCUT2D eigenvalue weighted by atomic mass is 9.97. The smallest absolute Gasteiger partial charge is 0.337 e. The zero-order valence-electron chi connectivity index (χ0n) is 11.1. The third-order valence-electron chi connectivity index (χ3n) is 3.65. The third-order valence-corrected chi connectivity index (χ3v) is 3.65. The van der Waals surface area contributed by atoms with Crippen LogP contribution in [0.25, 0.3) is 0 Å². The van der Waals surface area contributed by atoms with Crippen molar-refractivity contribution in [1.29, 1.82) is 0 Å². The Balaban J connectivity index is 2.07. The third kappa shape index (κ3) is 3.17. The van der Waals surface area contributed by atoms with Crippen molar-refractivity contribution in [2.45, 2.75) is 12.8 Å². The van der Waals surface area contributed by atoms with Crippen molar-refractivity contribution in [3.63, 3.8) is 0 Å². The molecule has 0 amide bonds. The van der Waals surface area contributed by atoms with Gasteiger partial charge in [-0.15, -0.1) is 0 Å². The quantitative estimate of drug-likeness (QED) is 0.811. The molecule has 3 N–H and O–H groups in total. The molecular formula is C14H20N2O3. The predicted octanol–water partition coefficient (Wildman–Crippen LogP) is 1.83. The van der Waals surface area contributed by atoms with Crippen LogP contribution in [0.5, 0.6) is 0 Å². The lowest BCUT2D eigenvalue weighted by Crippen LogP contribution is -2.35. The number of hydrogen-bond acceptors (Lipinski definition) is 4. The van der Waals surface area contributed by atoms with Crippen LogP contribution < -0.4 is 10.6 Å². The first-order valence-electron chi connectivity index (χ1n) is 6.48. The molecule has 0 atom stereocenters. The number of nitrogens with zero attached hydrogens (tertiary/aromatic N) is 1. The number of carboxylic acid groups (broad SMARTS) is 1. The van der Waals surface area contributed by atoms with Crippen LogP contribution in [0.3, 0.4) is 0 Å². The molecule has 0 saturated carbocycles. The van der Waals surface area contributed by atoms with E-state index in [0.29, 0.717) is 11.6 Å². The van der Waals surface area contributed by atoms with Gasteiger partial charge in [0.25, 0.3) is 0 Å². The van der Waals surface area contributed by atoms with Crippen LogP contribution in [-0.4, -0.2) is 37.9 Å². The number of hydrogen-bond donors (Lipinski definition) is 2. The number of methoxy groups -OCH3 is 1. The first kappa shape index (κ1) is 13.7. The molecule has 1 heterocycles. The minimum atomic E-state index is -0.978. The normalized spacial score (nSPS) is 16.6. The maximum Gasteiger partial charge on any atom is 0.337 e. The van der Waals surface area contributed by atoms with Crippen LogP contribution in [0.1, 0.15) is 23.2 Å². The number of aromatic carboxylic acids is 1. The van der Waals surface area contributed by atoms with Crippen LogP contribution in [-0.2, 0) is 4.74 Å². The number of ether oxygens (including phenoxy) is 1. The Kier molecular flexibility index (Phi) is 4.27. The first-order valence-corrected chi connectivity index (χ1v) is 6.48. The number of carbonyl (C=O) groups is 1. The maximum atomic E-state index is 11.1. The molecule has 0 aliphatic carbocycles. The molecule has 1 fully saturated rings. The van der Waals surface area contributed by atoms with E-state index >= 15 is 0 Å². The highest BCUT2D eigenvalue weighted by atomic mass is 16.5. The van der Waals surface area contributed by atoms with Gasteiger partial charge in [-0.2, -0.15) is 0 Å². The molecule has 0 radical (unpaired) electrons. The Morgan fingerprint density at radius 1 is 1.47 bits per heavy atom. The van der Waals surface area contributed by atoms with Gasteiger partial charge in [-0.05, 0) is 37.0 Å². The fourth-order valence-corrected chi connectivity index (χ4v) is 2.52. The van der Waals surface area contributed by atoms with E-state index in [4.69, 9.17) is 15.6 Å². The summed E-state index contributed by atoms with van der Waals surface area (Å²) >= 11 is 0. The van der Waals surface area contributed by atoms with E-state index in [1.54, 1.807) is 19.2 Å². The molecule has 0 spiro atoms. The summed E-state index contributed by atoms with van der Waals surface area (Å²) in [6.07, 6.45) is 2.14. The zero-order chi connectivity index (χ0) is 13.8. The Morgan fingerprint density at radius 2 is 2.16 bits per heavy atom. The standard InChI is InChI=1S/C14H20N2O3/c1-19-9-10-4-6-16(7-5-10)11-2-3-13(15)12(8-11)14(17)18/h2-3,8,10H,4-7,9,15H2,1H3,(H,17,18). The van der Waals surface area contributed by atoms with Crippen molar-refractivity contribution in [2.75, 3.05) is 37.4 Å². The predicted molar refractivity (Wildman–Crippen MR) is 74.6 cm³/mol. The van der Waals surface area contributed by atoms with Crippen LogP contribution in [0.4, 0.5) is 11.4 Å². The van der Waals surface area contributed by atoms with Crippen LogP contribution in [0.2, 0.25) is 0 Å². The number of piperidine rings is 1. The molecule has 0 aromatic heterocycles. The molecule has 1 saturated heterocycles. The largest absolute Gasteiger partial charge is 0.478 e. The van der Waals surface area contributed by atoms with Gasteiger partial charge in [0.1, 0.15) is 0 Å². The van der Waals surface area contributed by atoms with Gasteiger partial charge in [-0.3, -0.25) is 0 Å². The highest BCUT2D eigenvalue weighted by Crippen LogP contribution is 2.26. The molecule has 0 bridgehead atoms. The Morgan fingerprint density at radius 3 is 2.74 bits per heavy atom. The van der Waals surface area contributed by atoms with Crippen molar-refractivity contribution in [1.82, 2.24) is 0 Å². The highest BCUT2D eigenvalue weighted by Gasteiger charge is 2.20. The molecule has 5 heteroatoms. The Hall–Kier alpha value is -1.75. The summed E-state index contributed by atoms with van der Waals surface area (Å²) < 4.78 is 5.18. The highest BCUT2D eigenvalue weighted by molar-refractivity contribution is 5.94. The van der Waals surface area contributed by atoms with Crippen molar-refractivity contribution in [2.24, 2.45) is 5.92 Å². The fraction of sp³-hybridized carbons (Fsp3) is 0.500. The number of anilines is 2. The minimum Gasteiger partial charge on any atom is -0.478 e. The monoisotopic (exact) mass is 264 g/mol. The summed E-state index contributed by atoms with van der Waals surface area (Å²) in [4.78, 5) is 13.3. The molecule has 1 aliphatic heterocycles. The summed E-state index contributed by atoms with van der Waals surface area (Å²) in [5.74, 6) is -0.373. The van der Waals surface area contributed by atoms with Crippen molar-refractivity contribution >= 4 is 17.3 Å². The van der Waals surface area contributed by atoms with Gasteiger partial charge in [0.05, 0.1) is 5.56 Å². The van der Waals surface area contributed by atoms with Crippen molar-refractivity contribution in [3.8, 4) is 0 Å². The Bertz CT molecular complexity index is 454. The van der Waals surface area contributed by atoms with Gasteiger partial charge >= 0.3 is 5.97 Å². The van der Waals surface area contributed by atoms with Gasteiger partial charge in [-0.25, -0.2) is 4.79 Å². The lowest BCUT2D eigenvalue weighted by molar-refractivity contribution is 0.0698. The fourth-order valence-electron chi connectivity index (χ4n) is 2.52. The van der Waals surface area contributed by atoms with Gasteiger partial charge in [-0.1, -0.05) is 0 Å². The summed E-state index contributed by atoms with van der Waals surface area (Å²) in [6, 6.07) is 5.22. The lowest BCUT2D eigenvalue weighted by Gasteiger charge is -2.33. The van der Waals surface area contributed by atoms with Crippen LogP contribution in [0.15, 0.2) is 18.2 Å².